The zero-order chi connectivity index (χ0) is 15.6. The van der Waals surface area contributed by atoms with Crippen LogP contribution in [0, 0.1) is 5.82 Å². The summed E-state index contributed by atoms with van der Waals surface area (Å²) in [4.78, 5) is 2.20. The lowest BCUT2D eigenvalue weighted by Gasteiger charge is -2.40. The summed E-state index contributed by atoms with van der Waals surface area (Å²) in [6.07, 6.45) is 0.998. The van der Waals surface area contributed by atoms with E-state index in [2.05, 4.69) is 11.8 Å². The summed E-state index contributed by atoms with van der Waals surface area (Å²) in [5.41, 5.74) is 7.30. The van der Waals surface area contributed by atoms with Crippen LogP contribution in [0.3, 0.4) is 0 Å². The van der Waals surface area contributed by atoms with Gasteiger partial charge in [0.05, 0.1) is 36.2 Å². The first-order valence-corrected chi connectivity index (χ1v) is 7.56. The van der Waals surface area contributed by atoms with Crippen LogP contribution < -0.4 is 15.4 Å². The highest BCUT2D eigenvalue weighted by Gasteiger charge is 2.28. The summed E-state index contributed by atoms with van der Waals surface area (Å²) in [5.74, 6) is -0.164. The van der Waals surface area contributed by atoms with Gasteiger partial charge in [0.25, 0.3) is 0 Å². The number of morpholine rings is 1. The van der Waals surface area contributed by atoms with E-state index in [0.29, 0.717) is 12.3 Å². The molecule has 4 nitrogen and oxygen atoms in total. The Labute approximate surface area is 126 Å². The number of benzene rings is 1. The number of hydrogen-bond acceptors (Lipinski definition) is 4. The number of nitrogen functional groups attached to an aromatic ring is 1. The molecule has 1 aliphatic rings. The van der Waals surface area contributed by atoms with Gasteiger partial charge in [0, 0.05) is 18.7 Å². The first kappa shape index (κ1) is 15.9. The largest absolute Gasteiger partial charge is 0.488 e. The van der Waals surface area contributed by atoms with E-state index in [1.54, 1.807) is 6.07 Å². The number of ether oxygens (including phenoxy) is 2. The SMILES string of the molecule is CCC1COC(C)CN1c1cc(OC(C)C)c(F)cc1N. The fourth-order valence-electron chi connectivity index (χ4n) is 2.63. The third-order valence-electron chi connectivity index (χ3n) is 3.69. The average Bonchev–Trinajstić information content (AvgIpc) is 2.41. The Morgan fingerprint density at radius 3 is 2.81 bits per heavy atom. The molecule has 21 heavy (non-hydrogen) atoms. The lowest BCUT2D eigenvalue weighted by atomic mass is 10.1. The molecule has 5 heteroatoms. The van der Waals surface area contributed by atoms with Crippen LogP contribution >= 0.6 is 0 Å². The van der Waals surface area contributed by atoms with Crippen molar-refractivity contribution < 1.29 is 13.9 Å². The number of nitrogens with zero attached hydrogens (tertiary/aromatic N) is 1. The minimum absolute atomic E-state index is 0.0819. The normalized spacial score (nSPS) is 22.7. The molecule has 0 aromatic heterocycles. The molecule has 0 saturated carbocycles. The molecule has 1 aliphatic heterocycles. The Kier molecular flexibility index (Phi) is 4.93. The van der Waals surface area contributed by atoms with Crippen LogP contribution in [0.5, 0.6) is 5.75 Å². The Morgan fingerprint density at radius 1 is 1.48 bits per heavy atom. The highest BCUT2D eigenvalue weighted by molar-refractivity contribution is 5.70. The molecule has 0 bridgehead atoms. The van der Waals surface area contributed by atoms with Crippen LogP contribution in [0.1, 0.15) is 34.1 Å². The summed E-state index contributed by atoms with van der Waals surface area (Å²) in [7, 11) is 0. The van der Waals surface area contributed by atoms with Gasteiger partial charge in [-0.05, 0) is 27.2 Å². The number of anilines is 2. The zero-order valence-electron chi connectivity index (χ0n) is 13.2. The molecular formula is C16H25FN2O2. The van der Waals surface area contributed by atoms with Gasteiger partial charge in [-0.15, -0.1) is 0 Å². The highest BCUT2D eigenvalue weighted by Crippen LogP contribution is 2.34. The maximum atomic E-state index is 14.0. The highest BCUT2D eigenvalue weighted by atomic mass is 19.1. The predicted molar refractivity (Wildman–Crippen MR) is 83.4 cm³/mol. The van der Waals surface area contributed by atoms with Gasteiger partial charge >= 0.3 is 0 Å². The van der Waals surface area contributed by atoms with Crippen molar-refractivity contribution in [3.05, 3.63) is 17.9 Å². The van der Waals surface area contributed by atoms with Gasteiger partial charge in [-0.2, -0.15) is 0 Å². The first-order valence-electron chi connectivity index (χ1n) is 7.56. The third-order valence-corrected chi connectivity index (χ3v) is 3.69. The Bertz CT molecular complexity index is 493. The molecule has 1 aromatic carbocycles. The van der Waals surface area contributed by atoms with Gasteiger partial charge in [-0.3, -0.25) is 0 Å². The molecule has 2 unspecified atom stereocenters. The fraction of sp³-hybridized carbons (Fsp3) is 0.625. The predicted octanol–water partition coefficient (Wildman–Crippen LogP) is 3.20. The van der Waals surface area contributed by atoms with Gasteiger partial charge in [0.15, 0.2) is 11.6 Å². The van der Waals surface area contributed by atoms with Crippen LogP contribution in [-0.4, -0.2) is 31.4 Å². The molecule has 1 aromatic rings. The van der Waals surface area contributed by atoms with Gasteiger partial charge in [0.2, 0.25) is 0 Å². The van der Waals surface area contributed by atoms with E-state index >= 15 is 0 Å². The van der Waals surface area contributed by atoms with E-state index in [0.717, 1.165) is 18.7 Å². The Hall–Kier alpha value is -1.49. The first-order chi connectivity index (χ1) is 9.92. The van der Waals surface area contributed by atoms with Gasteiger partial charge in [-0.1, -0.05) is 6.92 Å². The van der Waals surface area contributed by atoms with E-state index in [-0.39, 0.29) is 24.0 Å². The lowest BCUT2D eigenvalue weighted by molar-refractivity contribution is 0.0300. The fourth-order valence-corrected chi connectivity index (χ4v) is 2.63. The van der Waals surface area contributed by atoms with Crippen molar-refractivity contribution >= 4 is 11.4 Å². The number of halogens is 1. The summed E-state index contributed by atoms with van der Waals surface area (Å²) in [5, 5.41) is 0. The minimum atomic E-state index is -0.417. The average molecular weight is 296 g/mol. The monoisotopic (exact) mass is 296 g/mol. The smallest absolute Gasteiger partial charge is 0.167 e. The van der Waals surface area contributed by atoms with Crippen LogP contribution in [0.2, 0.25) is 0 Å². The molecule has 1 fully saturated rings. The zero-order valence-corrected chi connectivity index (χ0v) is 13.2. The van der Waals surface area contributed by atoms with Crippen molar-refractivity contribution in [1.29, 1.82) is 0 Å². The molecule has 0 radical (unpaired) electrons. The Balaban J connectivity index is 2.36. The van der Waals surface area contributed by atoms with E-state index in [1.165, 1.54) is 6.07 Å². The minimum Gasteiger partial charge on any atom is -0.488 e. The van der Waals surface area contributed by atoms with Crippen LogP contribution in [0.15, 0.2) is 12.1 Å². The van der Waals surface area contributed by atoms with Crippen molar-refractivity contribution in [2.75, 3.05) is 23.8 Å². The molecule has 2 N–H and O–H groups in total. The summed E-state index contributed by atoms with van der Waals surface area (Å²) >= 11 is 0. The maximum absolute atomic E-state index is 14.0. The molecule has 1 saturated heterocycles. The second-order valence-electron chi connectivity index (χ2n) is 5.87. The summed E-state index contributed by atoms with van der Waals surface area (Å²) < 4.78 is 25.2. The molecule has 0 aliphatic carbocycles. The maximum Gasteiger partial charge on any atom is 0.167 e. The third kappa shape index (κ3) is 3.59. The van der Waals surface area contributed by atoms with E-state index in [9.17, 15) is 4.39 Å². The summed E-state index contributed by atoms with van der Waals surface area (Å²) in [6, 6.07) is 3.31. The van der Waals surface area contributed by atoms with Crippen LogP contribution in [0.4, 0.5) is 15.8 Å². The van der Waals surface area contributed by atoms with Crippen LogP contribution in [-0.2, 0) is 4.74 Å². The van der Waals surface area contributed by atoms with Gasteiger partial charge in [0.1, 0.15) is 0 Å². The molecular weight excluding hydrogens is 271 g/mol. The van der Waals surface area contributed by atoms with Crippen molar-refractivity contribution in [3.63, 3.8) is 0 Å². The number of rotatable bonds is 4. The Morgan fingerprint density at radius 2 is 2.19 bits per heavy atom. The molecule has 2 rings (SSSR count). The number of nitrogens with two attached hydrogens (primary N) is 1. The van der Waals surface area contributed by atoms with Gasteiger partial charge < -0.3 is 20.1 Å². The molecule has 0 spiro atoms. The van der Waals surface area contributed by atoms with Crippen molar-refractivity contribution in [1.82, 2.24) is 0 Å². The standard InChI is InChI=1S/C16H25FN2O2/c1-5-12-9-20-11(4)8-19(12)15-7-16(21-10(2)3)13(17)6-14(15)18/h6-7,10-12H,5,8-9,18H2,1-4H3. The second-order valence-corrected chi connectivity index (χ2v) is 5.87. The molecule has 118 valence electrons. The molecule has 2 atom stereocenters. The van der Waals surface area contributed by atoms with Crippen molar-refractivity contribution in [2.24, 2.45) is 0 Å². The van der Waals surface area contributed by atoms with Crippen LogP contribution in [0.25, 0.3) is 0 Å². The topological polar surface area (TPSA) is 47.7 Å². The lowest BCUT2D eigenvalue weighted by Crippen LogP contribution is -2.49. The van der Waals surface area contributed by atoms with Gasteiger partial charge in [-0.25, -0.2) is 4.39 Å². The van der Waals surface area contributed by atoms with Crippen molar-refractivity contribution in [2.45, 2.75) is 52.4 Å². The second kappa shape index (κ2) is 6.52. The van der Waals surface area contributed by atoms with Crippen molar-refractivity contribution in [3.8, 4) is 5.75 Å². The van der Waals surface area contributed by atoms with E-state index < -0.39 is 5.82 Å². The van der Waals surface area contributed by atoms with E-state index in [1.807, 2.05) is 20.8 Å². The summed E-state index contributed by atoms with van der Waals surface area (Å²) in [6.45, 7) is 9.30. The van der Waals surface area contributed by atoms with E-state index in [4.69, 9.17) is 15.2 Å². The molecule has 0 amide bonds. The quantitative estimate of drug-likeness (QED) is 0.867. The number of hydrogen-bond donors (Lipinski definition) is 1. The molecule has 1 heterocycles.